The van der Waals surface area contributed by atoms with Crippen LogP contribution in [-0.2, 0) is 19.4 Å². The van der Waals surface area contributed by atoms with E-state index in [2.05, 4.69) is 5.32 Å². The molecule has 4 N–H and O–H groups in total. The average molecular weight is 423 g/mol. The fourth-order valence-corrected chi connectivity index (χ4v) is 3.93. The van der Waals surface area contributed by atoms with E-state index in [0.29, 0.717) is 11.5 Å². The molecule has 0 heterocycles. The predicted octanol–water partition coefficient (Wildman–Crippen LogP) is 0.494. The van der Waals surface area contributed by atoms with Crippen LogP contribution in [0.4, 0.5) is 0 Å². The van der Waals surface area contributed by atoms with Gasteiger partial charge >= 0.3 is 0 Å². The van der Waals surface area contributed by atoms with E-state index in [4.69, 9.17) is 5.73 Å². The molecule has 0 aliphatic heterocycles. The summed E-state index contributed by atoms with van der Waals surface area (Å²) in [5.41, 5.74) is 5.08. The van der Waals surface area contributed by atoms with Crippen LogP contribution in [0.2, 0.25) is 0 Å². The fourth-order valence-electron chi connectivity index (χ4n) is 3.44. The molecule has 0 rings (SSSR count). The van der Waals surface area contributed by atoms with E-state index in [1.54, 1.807) is 19.0 Å². The lowest BCUT2D eigenvalue weighted by molar-refractivity contribution is -0.210. The van der Waals surface area contributed by atoms with Crippen molar-refractivity contribution in [1.29, 1.82) is 0 Å². The summed E-state index contributed by atoms with van der Waals surface area (Å²) < 4.78 is 22.8. The summed E-state index contributed by atoms with van der Waals surface area (Å²) in [7, 11) is 0.168. The van der Waals surface area contributed by atoms with Gasteiger partial charge in [0.2, 0.25) is 5.91 Å². The minimum Gasteiger partial charge on any atom is -0.369 e. The molecule has 2 amide bonds. The van der Waals surface area contributed by atoms with Crippen molar-refractivity contribution >= 4 is 21.7 Å². The molecule has 9 nitrogen and oxygen atoms in total. The number of rotatable bonds is 11. The number of hydrogen-bond donors (Lipinski definition) is 3. The second-order valence-electron chi connectivity index (χ2n) is 9.16. The van der Waals surface area contributed by atoms with E-state index < -0.39 is 45.1 Å². The predicted molar refractivity (Wildman–Crippen MR) is 109 cm³/mol. The molecule has 28 heavy (non-hydrogen) atoms. The van der Waals surface area contributed by atoms with E-state index in [1.165, 1.54) is 0 Å². The normalized spacial score (nSPS) is 16.1. The minimum atomic E-state index is -3.31. The van der Waals surface area contributed by atoms with Crippen LogP contribution in [-0.4, -0.2) is 74.3 Å². The van der Waals surface area contributed by atoms with Crippen LogP contribution in [0.15, 0.2) is 0 Å². The van der Waals surface area contributed by atoms with Crippen molar-refractivity contribution in [2.45, 2.75) is 47.2 Å². The Kier molecular flexibility index (Phi) is 10.1. The van der Waals surface area contributed by atoms with Gasteiger partial charge in [-0.2, -0.15) is 0 Å². The number of nitrogens with zero attached hydrogens (tertiary/aromatic N) is 2. The van der Waals surface area contributed by atoms with Gasteiger partial charge in [-0.25, -0.2) is 13.5 Å². The summed E-state index contributed by atoms with van der Waals surface area (Å²) in [5, 5.41) is 14.1. The molecule has 0 fully saturated rings. The Bertz CT molecular complexity index is 628. The van der Waals surface area contributed by atoms with Gasteiger partial charge in [0.25, 0.3) is 5.91 Å². The zero-order valence-electron chi connectivity index (χ0n) is 18.4. The average Bonchev–Trinajstić information content (AvgIpc) is 2.45. The van der Waals surface area contributed by atoms with Crippen LogP contribution in [0, 0.1) is 23.2 Å². The van der Waals surface area contributed by atoms with Crippen molar-refractivity contribution in [3.05, 3.63) is 0 Å². The zero-order valence-corrected chi connectivity index (χ0v) is 19.2. The maximum absolute atomic E-state index is 13.2. The molecular weight excluding hydrogens is 384 g/mol. The molecule has 10 heteroatoms. The van der Waals surface area contributed by atoms with Gasteiger partial charge in [-0.05, 0) is 31.8 Å². The Labute approximate surface area is 169 Å². The molecule has 0 aromatic heterocycles. The van der Waals surface area contributed by atoms with Crippen LogP contribution < -0.4 is 11.1 Å². The lowest BCUT2D eigenvalue weighted by Gasteiger charge is -2.42. The number of carbonyl (C=O) groups excluding carboxylic acids is 2. The van der Waals surface area contributed by atoms with Crippen LogP contribution in [0.3, 0.4) is 0 Å². The highest BCUT2D eigenvalue weighted by atomic mass is 32.2. The standard InChI is InChI=1S/C18H38N4O5S/c1-12(2)9-13(15(19)23)14(10-20-11-28(8,26)27)16(24)22(25)17(21(6)7)18(3,4)5/h12-14,17,20,25H,9-11H2,1-8H3,(H2,19,23)/t13-,14+,17+/m1/s1. The first kappa shape index (κ1) is 26.8. The first-order chi connectivity index (χ1) is 12.5. The number of hydroxylamine groups is 2. The van der Waals surface area contributed by atoms with E-state index in [-0.39, 0.29) is 18.3 Å². The number of primary amides is 1. The third-order valence-corrected chi connectivity index (χ3v) is 5.07. The van der Waals surface area contributed by atoms with Gasteiger partial charge < -0.3 is 11.1 Å². The van der Waals surface area contributed by atoms with Gasteiger partial charge in [-0.3, -0.25) is 19.7 Å². The smallest absolute Gasteiger partial charge is 0.252 e. The van der Waals surface area contributed by atoms with Gasteiger partial charge in [0.15, 0.2) is 9.84 Å². The second-order valence-corrected chi connectivity index (χ2v) is 11.3. The van der Waals surface area contributed by atoms with Gasteiger partial charge in [0, 0.05) is 12.8 Å². The van der Waals surface area contributed by atoms with E-state index in [0.717, 1.165) is 6.26 Å². The molecule has 0 aliphatic rings. The van der Waals surface area contributed by atoms with Gasteiger partial charge in [0.05, 0.1) is 17.7 Å². The number of hydrogen-bond acceptors (Lipinski definition) is 7. The summed E-state index contributed by atoms with van der Waals surface area (Å²) in [4.78, 5) is 27.0. The summed E-state index contributed by atoms with van der Waals surface area (Å²) in [6.07, 6.45) is 0.767. The number of nitrogens with one attached hydrogen (secondary N) is 1. The topological polar surface area (TPSA) is 133 Å². The summed E-state index contributed by atoms with van der Waals surface area (Å²) in [6.45, 7) is 9.35. The molecule has 0 aliphatic carbocycles. The minimum absolute atomic E-state index is 0.0853. The summed E-state index contributed by atoms with van der Waals surface area (Å²) in [6, 6.07) is 0. The Morgan fingerprint density at radius 2 is 1.64 bits per heavy atom. The summed E-state index contributed by atoms with van der Waals surface area (Å²) in [5.74, 6) is -3.40. The van der Waals surface area contributed by atoms with Crippen molar-refractivity contribution in [3.8, 4) is 0 Å². The van der Waals surface area contributed by atoms with Crippen molar-refractivity contribution in [2.75, 3.05) is 32.8 Å². The highest BCUT2D eigenvalue weighted by molar-refractivity contribution is 7.90. The Morgan fingerprint density at radius 3 is 1.96 bits per heavy atom. The molecule has 0 radical (unpaired) electrons. The lowest BCUT2D eigenvalue weighted by Crippen LogP contribution is -2.57. The highest BCUT2D eigenvalue weighted by Gasteiger charge is 2.41. The second kappa shape index (κ2) is 10.5. The molecule has 0 aromatic rings. The monoisotopic (exact) mass is 422 g/mol. The summed E-state index contributed by atoms with van der Waals surface area (Å²) >= 11 is 0. The van der Waals surface area contributed by atoms with Crippen LogP contribution >= 0.6 is 0 Å². The molecule has 166 valence electrons. The van der Waals surface area contributed by atoms with Crippen molar-refractivity contribution in [2.24, 2.45) is 28.9 Å². The zero-order chi connectivity index (χ0) is 22.4. The number of amides is 2. The van der Waals surface area contributed by atoms with Crippen molar-refractivity contribution < 1.29 is 23.2 Å². The number of sulfone groups is 1. The molecule has 0 aromatic carbocycles. The Hall–Kier alpha value is -1.23. The quantitative estimate of drug-likeness (QED) is 0.251. The highest BCUT2D eigenvalue weighted by Crippen LogP contribution is 2.29. The Balaban J connectivity index is 5.84. The van der Waals surface area contributed by atoms with Gasteiger partial charge in [0.1, 0.15) is 6.17 Å². The van der Waals surface area contributed by atoms with Crippen molar-refractivity contribution in [1.82, 2.24) is 15.3 Å². The first-order valence-corrected chi connectivity index (χ1v) is 11.4. The third-order valence-electron chi connectivity index (χ3n) is 4.34. The molecule has 0 unspecified atom stereocenters. The Morgan fingerprint density at radius 1 is 1.14 bits per heavy atom. The van der Waals surface area contributed by atoms with E-state index in [9.17, 15) is 23.2 Å². The number of carbonyl (C=O) groups is 2. The maximum Gasteiger partial charge on any atom is 0.252 e. The van der Waals surface area contributed by atoms with Gasteiger partial charge in [-0.15, -0.1) is 0 Å². The van der Waals surface area contributed by atoms with Crippen LogP contribution in [0.5, 0.6) is 0 Å². The maximum atomic E-state index is 13.2. The first-order valence-electron chi connectivity index (χ1n) is 9.35. The van der Waals surface area contributed by atoms with E-state index >= 15 is 0 Å². The van der Waals surface area contributed by atoms with Crippen molar-refractivity contribution in [3.63, 3.8) is 0 Å². The lowest BCUT2D eigenvalue weighted by atomic mass is 9.83. The van der Waals surface area contributed by atoms with Crippen LogP contribution in [0.1, 0.15) is 41.0 Å². The van der Waals surface area contributed by atoms with Gasteiger partial charge in [-0.1, -0.05) is 34.6 Å². The molecule has 0 bridgehead atoms. The molecule has 0 saturated heterocycles. The molecular formula is C18H38N4O5S. The van der Waals surface area contributed by atoms with E-state index in [1.807, 2.05) is 34.6 Å². The number of nitrogens with two attached hydrogens (primary N) is 1. The largest absolute Gasteiger partial charge is 0.369 e. The third kappa shape index (κ3) is 8.85. The molecule has 3 atom stereocenters. The SMILES string of the molecule is CC(C)C[C@@H](C(N)=O)[C@H](CNCS(C)(=O)=O)C(=O)N(O)[C@H](N(C)C)C(C)(C)C. The molecule has 0 saturated carbocycles. The molecule has 0 spiro atoms. The fraction of sp³-hybridized carbons (Fsp3) is 0.889. The van der Waals surface area contributed by atoms with Crippen LogP contribution in [0.25, 0.3) is 0 Å².